The van der Waals surface area contributed by atoms with E-state index in [2.05, 4.69) is 20.9 Å². The summed E-state index contributed by atoms with van der Waals surface area (Å²) in [4.78, 5) is 2.17. The van der Waals surface area contributed by atoms with Crippen molar-refractivity contribution in [3.63, 3.8) is 0 Å². The maximum absolute atomic E-state index is 7.59. The third-order valence-electron chi connectivity index (χ3n) is 0.0488. The van der Waals surface area contributed by atoms with Gasteiger partial charge in [-0.15, -0.1) is 0 Å². The lowest BCUT2D eigenvalue weighted by atomic mass is 11.2. The van der Waals surface area contributed by atoms with Crippen LogP contribution in [-0.2, 0) is 0 Å². The van der Waals surface area contributed by atoms with Crippen LogP contribution in [0, 0.1) is 4.99 Å². The van der Waals surface area contributed by atoms with E-state index in [4.69, 9.17) is 5.11 Å². The third kappa shape index (κ3) is 2.02. The summed E-state index contributed by atoms with van der Waals surface area (Å²) in [7, 11) is 0. The Morgan fingerprint density at radius 1 is 2.00 bits per heavy atom. The maximum Gasteiger partial charge on any atom is 0.0946 e. The van der Waals surface area contributed by atoms with Crippen molar-refractivity contribution >= 4 is 15.9 Å². The van der Waals surface area contributed by atoms with E-state index in [-0.39, 0.29) is 0 Å². The lowest BCUT2D eigenvalue weighted by Gasteiger charge is -1.50. The van der Waals surface area contributed by atoms with E-state index in [1.165, 1.54) is 0 Å². The highest BCUT2D eigenvalue weighted by Crippen LogP contribution is 1.71. The van der Waals surface area contributed by atoms with Gasteiger partial charge in [-0.1, -0.05) is 0 Å². The van der Waals surface area contributed by atoms with Crippen molar-refractivity contribution in [1.82, 2.24) is 0 Å². The van der Waals surface area contributed by atoms with Crippen LogP contribution in [0.5, 0.6) is 0 Å². The summed E-state index contributed by atoms with van der Waals surface area (Å²) in [6, 6.07) is 0. The molecule has 0 aromatic heterocycles. The Hall–Kier alpha value is 0.0200. The van der Waals surface area contributed by atoms with Crippen LogP contribution >= 0.6 is 15.9 Å². The molecule has 0 aromatic rings. The van der Waals surface area contributed by atoms with Crippen molar-refractivity contribution in [3.05, 3.63) is 11.2 Å². The second-order valence-corrected chi connectivity index (χ2v) is 0.696. The number of aliphatic hydroxyl groups excluding tert-OH is 1. The van der Waals surface area contributed by atoms with Gasteiger partial charge in [0, 0.05) is 0 Å². The first-order valence-corrected chi connectivity index (χ1v) is 1.53. The fourth-order valence-corrected chi connectivity index (χ4v) is 0. The summed E-state index contributed by atoms with van der Waals surface area (Å²) in [6.45, 7) is 0. The van der Waals surface area contributed by atoms with Gasteiger partial charge in [0.1, 0.15) is 0 Å². The smallest absolute Gasteiger partial charge is 0.0946 e. The number of hydrogen-bond donors (Lipinski definition) is 1. The molecule has 0 aromatic carbocycles. The minimum Gasteiger partial charge on any atom is -0.514 e. The van der Waals surface area contributed by atoms with Gasteiger partial charge in [0.15, 0.2) is 0 Å². The predicted molar refractivity (Wildman–Crippen MR) is 19.4 cm³/mol. The average molecular weight is 122 g/mol. The van der Waals surface area contributed by atoms with Gasteiger partial charge in [-0.05, 0) is 15.9 Å². The van der Waals surface area contributed by atoms with Gasteiger partial charge >= 0.3 is 0 Å². The van der Waals surface area contributed by atoms with Crippen molar-refractivity contribution in [3.8, 4) is 0 Å². The fraction of sp³-hybridized carbons (Fsp3) is 0. The van der Waals surface area contributed by atoms with Gasteiger partial charge in [-0.25, -0.2) is 0 Å². The summed E-state index contributed by atoms with van der Waals surface area (Å²) in [5, 5.41) is 7.59. The van der Waals surface area contributed by atoms with Crippen LogP contribution in [-0.4, -0.2) is 5.11 Å². The Morgan fingerprint density at radius 3 is 2.25 bits per heavy atom. The molecule has 0 aliphatic rings. The van der Waals surface area contributed by atoms with E-state index >= 15 is 0 Å². The van der Waals surface area contributed by atoms with E-state index in [1.54, 1.807) is 0 Å². The molecule has 0 fully saturated rings. The van der Waals surface area contributed by atoms with Crippen LogP contribution in [0.25, 0.3) is 0 Å². The molecule has 0 unspecified atom stereocenters. The first kappa shape index (κ1) is 4.02. The van der Waals surface area contributed by atoms with Crippen molar-refractivity contribution in [1.29, 1.82) is 0 Å². The summed E-state index contributed by atoms with van der Waals surface area (Å²) in [5.41, 5.74) is 0. The molecule has 0 atom stereocenters. The molecule has 0 heterocycles. The van der Waals surface area contributed by atoms with Crippen LogP contribution < -0.4 is 0 Å². The summed E-state index contributed by atoms with van der Waals surface area (Å²) >= 11 is 2.69. The van der Waals surface area contributed by atoms with Crippen molar-refractivity contribution in [2.75, 3.05) is 0 Å². The van der Waals surface area contributed by atoms with Gasteiger partial charge in [-0.3, -0.25) is 0 Å². The number of halogens is 1. The van der Waals surface area contributed by atoms with E-state index in [9.17, 15) is 0 Å². The first-order chi connectivity index (χ1) is 1.91. The van der Waals surface area contributed by atoms with Gasteiger partial charge < -0.3 is 5.11 Å². The minimum atomic E-state index is 0.792. The molecule has 0 saturated carbocycles. The van der Waals surface area contributed by atoms with E-state index < -0.39 is 0 Å². The zero-order chi connectivity index (χ0) is 3.41. The molecule has 23 valence electrons. The minimum absolute atomic E-state index is 0.792. The van der Waals surface area contributed by atoms with Gasteiger partial charge in [0.25, 0.3) is 0 Å². The van der Waals surface area contributed by atoms with Crippen molar-refractivity contribution < 1.29 is 5.11 Å². The first-order valence-electron chi connectivity index (χ1n) is 0.736. The number of rotatable bonds is 0. The molecule has 0 rings (SSSR count). The molecule has 0 spiro atoms. The Balaban J connectivity index is 2.55. The molecule has 0 aliphatic carbocycles. The highest BCUT2D eigenvalue weighted by atomic mass is 79.9. The molecule has 2 heteroatoms. The van der Waals surface area contributed by atoms with Crippen molar-refractivity contribution in [2.24, 2.45) is 0 Å². The third-order valence-corrected chi connectivity index (χ3v) is 0.254. The second kappa shape index (κ2) is 3.02. The van der Waals surface area contributed by atoms with E-state index in [0.29, 0.717) is 0 Å². The molecule has 1 nitrogen and oxygen atoms in total. The zero-order valence-corrected chi connectivity index (χ0v) is 3.49. The van der Waals surface area contributed by atoms with Crippen LogP contribution in [0.3, 0.4) is 0 Å². The van der Waals surface area contributed by atoms with Crippen LogP contribution in [0.2, 0.25) is 0 Å². The molecule has 0 saturated heterocycles. The SMILES string of the molecule is OC=[C]Br. The van der Waals surface area contributed by atoms with Gasteiger partial charge in [-0.2, -0.15) is 0 Å². The average Bonchev–Trinajstić information content (AvgIpc) is 1.37. The summed E-state index contributed by atoms with van der Waals surface area (Å²) < 4.78 is 0. The molecular formula is C2H2BrO. The van der Waals surface area contributed by atoms with Crippen LogP contribution in [0.1, 0.15) is 0 Å². The molecule has 1 radical (unpaired) electrons. The van der Waals surface area contributed by atoms with Gasteiger partial charge in [0.05, 0.1) is 11.2 Å². The number of aliphatic hydroxyl groups is 1. The summed E-state index contributed by atoms with van der Waals surface area (Å²) in [5.74, 6) is 0. The number of hydrogen-bond acceptors (Lipinski definition) is 1. The largest absolute Gasteiger partial charge is 0.514 e. The van der Waals surface area contributed by atoms with Crippen LogP contribution in [0.15, 0.2) is 6.26 Å². The topological polar surface area (TPSA) is 20.2 Å². The second-order valence-electron chi connectivity index (χ2n) is 0.238. The lowest BCUT2D eigenvalue weighted by molar-refractivity contribution is 0.473. The molecule has 4 heavy (non-hydrogen) atoms. The molecule has 0 amide bonds. The molecule has 0 aliphatic heterocycles. The Bertz CT molecular complexity index is 21.2. The maximum atomic E-state index is 7.59. The Labute approximate surface area is 33.1 Å². The van der Waals surface area contributed by atoms with Crippen LogP contribution in [0.4, 0.5) is 0 Å². The molecule has 0 bridgehead atoms. The van der Waals surface area contributed by atoms with Gasteiger partial charge in [0.2, 0.25) is 0 Å². The summed E-state index contributed by atoms with van der Waals surface area (Å²) in [6.07, 6.45) is 0.792. The Morgan fingerprint density at radius 2 is 2.25 bits per heavy atom. The predicted octanol–water partition coefficient (Wildman–Crippen LogP) is 1.21. The van der Waals surface area contributed by atoms with E-state index in [1.807, 2.05) is 0 Å². The molecule has 1 N–H and O–H groups in total. The zero-order valence-electron chi connectivity index (χ0n) is 1.90. The highest BCUT2D eigenvalue weighted by molar-refractivity contribution is 9.10. The normalized spacial score (nSPS) is 9.25. The fourth-order valence-electron chi connectivity index (χ4n) is 0. The highest BCUT2D eigenvalue weighted by Gasteiger charge is 1.40. The monoisotopic (exact) mass is 121 g/mol. The lowest BCUT2D eigenvalue weighted by Crippen LogP contribution is -1.33. The quantitative estimate of drug-likeness (QED) is 0.478. The van der Waals surface area contributed by atoms with E-state index in [0.717, 1.165) is 6.26 Å². The van der Waals surface area contributed by atoms with Crippen molar-refractivity contribution in [2.45, 2.75) is 0 Å². The Kier molecular flexibility index (Phi) is 3.04. The standard InChI is InChI=1S/C2H2BrO/c3-1-2-4/h2,4H. The molecular weight excluding hydrogens is 120 g/mol.